The molecule has 1 heterocycles. The minimum absolute atomic E-state index is 0.0386. The van der Waals surface area contributed by atoms with Gasteiger partial charge in [-0.25, -0.2) is 0 Å². The first-order valence-electron chi connectivity index (χ1n) is 7.43. The largest absolute Gasteiger partial charge is 0.416 e. The van der Waals surface area contributed by atoms with Gasteiger partial charge >= 0.3 is 6.18 Å². The van der Waals surface area contributed by atoms with Gasteiger partial charge in [0.15, 0.2) is 0 Å². The van der Waals surface area contributed by atoms with Gasteiger partial charge in [0.05, 0.1) is 5.56 Å². The molecule has 1 aliphatic heterocycles. The molecule has 0 unspecified atom stereocenters. The standard InChI is InChI=1S/C16H18F3NO/c17-16(18,19)14-7-3-2-6-11(14)12-10-13(12)15(21)20-8-4-1-5-9-20/h2-3,6-7,12-13H,1,4-5,8-10H2/t12-,13-/m1/s1. The summed E-state index contributed by atoms with van der Waals surface area (Å²) in [6.45, 7) is 1.51. The van der Waals surface area contributed by atoms with Crippen molar-refractivity contribution in [1.29, 1.82) is 0 Å². The first kappa shape index (κ1) is 14.4. The zero-order valence-corrected chi connectivity index (χ0v) is 11.7. The normalized spacial score (nSPS) is 25.8. The number of halogens is 3. The van der Waals surface area contributed by atoms with Gasteiger partial charge in [-0.1, -0.05) is 18.2 Å². The van der Waals surface area contributed by atoms with Crippen LogP contribution < -0.4 is 0 Å². The van der Waals surface area contributed by atoms with Crippen LogP contribution in [0.15, 0.2) is 24.3 Å². The molecular weight excluding hydrogens is 279 g/mol. The predicted molar refractivity (Wildman–Crippen MR) is 72.7 cm³/mol. The first-order valence-corrected chi connectivity index (χ1v) is 7.43. The highest BCUT2D eigenvalue weighted by molar-refractivity contribution is 5.83. The van der Waals surface area contributed by atoms with Crippen molar-refractivity contribution in [3.8, 4) is 0 Å². The van der Waals surface area contributed by atoms with Crippen molar-refractivity contribution in [1.82, 2.24) is 4.90 Å². The summed E-state index contributed by atoms with van der Waals surface area (Å²) in [7, 11) is 0. The second kappa shape index (κ2) is 5.35. The Balaban J connectivity index is 1.74. The number of carbonyl (C=O) groups is 1. The molecule has 2 aliphatic rings. The van der Waals surface area contributed by atoms with Crippen LogP contribution in [0.1, 0.15) is 42.7 Å². The van der Waals surface area contributed by atoms with Gasteiger partial charge in [-0.15, -0.1) is 0 Å². The van der Waals surface area contributed by atoms with E-state index in [1.807, 2.05) is 4.90 Å². The van der Waals surface area contributed by atoms with E-state index in [1.54, 1.807) is 6.07 Å². The molecule has 3 rings (SSSR count). The number of amides is 1. The van der Waals surface area contributed by atoms with Crippen molar-refractivity contribution in [3.63, 3.8) is 0 Å². The average Bonchev–Trinajstić information content (AvgIpc) is 3.27. The zero-order valence-electron chi connectivity index (χ0n) is 11.7. The second-order valence-electron chi connectivity index (χ2n) is 5.92. The SMILES string of the molecule is O=C([C@@H]1C[C@@H]1c1ccccc1C(F)(F)F)N1CCCCC1. The second-order valence-corrected chi connectivity index (χ2v) is 5.92. The quantitative estimate of drug-likeness (QED) is 0.812. The monoisotopic (exact) mass is 297 g/mol. The van der Waals surface area contributed by atoms with Crippen LogP contribution in [0.5, 0.6) is 0 Å². The number of carbonyl (C=O) groups excluding carboxylic acids is 1. The smallest absolute Gasteiger partial charge is 0.342 e. The van der Waals surface area contributed by atoms with Crippen LogP contribution >= 0.6 is 0 Å². The summed E-state index contributed by atoms with van der Waals surface area (Å²) >= 11 is 0. The molecule has 1 aromatic rings. The third-order valence-electron chi connectivity index (χ3n) is 4.44. The number of hydrogen-bond acceptors (Lipinski definition) is 1. The van der Waals surface area contributed by atoms with Crippen LogP contribution in [0.2, 0.25) is 0 Å². The molecule has 21 heavy (non-hydrogen) atoms. The van der Waals surface area contributed by atoms with Crippen molar-refractivity contribution < 1.29 is 18.0 Å². The summed E-state index contributed by atoms with van der Waals surface area (Å²) < 4.78 is 39.1. The number of nitrogens with zero attached hydrogens (tertiary/aromatic N) is 1. The van der Waals surface area contributed by atoms with Gasteiger partial charge < -0.3 is 4.90 Å². The van der Waals surface area contributed by atoms with Crippen molar-refractivity contribution in [2.75, 3.05) is 13.1 Å². The van der Waals surface area contributed by atoms with E-state index >= 15 is 0 Å². The molecule has 2 fully saturated rings. The minimum Gasteiger partial charge on any atom is -0.342 e. The maximum Gasteiger partial charge on any atom is 0.416 e. The lowest BCUT2D eigenvalue weighted by atomic mass is 10.0. The fourth-order valence-corrected chi connectivity index (χ4v) is 3.24. The van der Waals surface area contributed by atoms with Gasteiger partial charge in [0.1, 0.15) is 0 Å². The molecule has 0 bridgehead atoms. The van der Waals surface area contributed by atoms with Crippen LogP contribution in [-0.2, 0) is 11.0 Å². The maximum absolute atomic E-state index is 13.0. The highest BCUT2D eigenvalue weighted by Crippen LogP contribution is 2.51. The van der Waals surface area contributed by atoms with E-state index in [0.717, 1.165) is 38.4 Å². The Labute approximate surface area is 121 Å². The van der Waals surface area contributed by atoms with Crippen LogP contribution in [0.25, 0.3) is 0 Å². The lowest BCUT2D eigenvalue weighted by Crippen LogP contribution is -2.36. The first-order chi connectivity index (χ1) is 9.98. The van der Waals surface area contributed by atoms with Crippen LogP contribution in [0.3, 0.4) is 0 Å². The fraction of sp³-hybridized carbons (Fsp3) is 0.562. The minimum atomic E-state index is -4.35. The molecule has 1 saturated heterocycles. The van der Waals surface area contributed by atoms with E-state index in [0.29, 0.717) is 6.42 Å². The predicted octanol–water partition coefficient (Wildman–Crippen LogP) is 3.82. The molecule has 1 aliphatic carbocycles. The van der Waals surface area contributed by atoms with Crippen molar-refractivity contribution in [2.45, 2.75) is 37.8 Å². The third kappa shape index (κ3) is 2.92. The summed E-state index contributed by atoms with van der Waals surface area (Å²) in [4.78, 5) is 14.2. The van der Waals surface area contributed by atoms with Crippen molar-refractivity contribution in [3.05, 3.63) is 35.4 Å². The zero-order chi connectivity index (χ0) is 15.0. The molecule has 2 nitrogen and oxygen atoms in total. The molecule has 5 heteroatoms. The topological polar surface area (TPSA) is 20.3 Å². The third-order valence-corrected chi connectivity index (χ3v) is 4.44. The average molecular weight is 297 g/mol. The molecule has 0 spiro atoms. The highest BCUT2D eigenvalue weighted by Gasteiger charge is 2.49. The lowest BCUT2D eigenvalue weighted by molar-refractivity contribution is -0.138. The molecule has 1 saturated carbocycles. The number of alkyl halides is 3. The van der Waals surface area contributed by atoms with Gasteiger partial charge in [0, 0.05) is 19.0 Å². The van der Waals surface area contributed by atoms with Crippen LogP contribution in [-0.4, -0.2) is 23.9 Å². The van der Waals surface area contributed by atoms with E-state index in [9.17, 15) is 18.0 Å². The summed E-state index contributed by atoms with van der Waals surface area (Å²) in [5, 5.41) is 0. The number of likely N-dealkylation sites (tertiary alicyclic amines) is 1. The molecule has 2 atom stereocenters. The number of rotatable bonds is 2. The summed E-state index contributed by atoms with van der Waals surface area (Å²) in [5.74, 6) is -0.486. The van der Waals surface area contributed by atoms with Gasteiger partial charge in [-0.3, -0.25) is 4.79 Å². The summed E-state index contributed by atoms with van der Waals surface area (Å²) in [6.07, 6.45) is -0.667. The summed E-state index contributed by atoms with van der Waals surface area (Å²) in [5.41, 5.74) is -0.315. The molecule has 0 aromatic heterocycles. The van der Waals surface area contributed by atoms with E-state index in [-0.39, 0.29) is 23.3 Å². The number of hydrogen-bond donors (Lipinski definition) is 0. The van der Waals surface area contributed by atoms with Crippen LogP contribution in [0, 0.1) is 5.92 Å². The Hall–Kier alpha value is -1.52. The molecule has 0 radical (unpaired) electrons. The Bertz CT molecular complexity index is 535. The van der Waals surface area contributed by atoms with Gasteiger partial charge in [-0.05, 0) is 43.2 Å². The molecule has 1 amide bonds. The number of benzene rings is 1. The Morgan fingerprint density at radius 3 is 2.43 bits per heavy atom. The van der Waals surface area contributed by atoms with Gasteiger partial charge in [0.2, 0.25) is 5.91 Å². The van der Waals surface area contributed by atoms with E-state index in [1.165, 1.54) is 12.1 Å². The molecule has 114 valence electrons. The Morgan fingerprint density at radius 2 is 1.76 bits per heavy atom. The Kier molecular flexibility index (Phi) is 3.68. The van der Waals surface area contributed by atoms with Crippen molar-refractivity contribution >= 4 is 5.91 Å². The Morgan fingerprint density at radius 1 is 1.10 bits per heavy atom. The highest BCUT2D eigenvalue weighted by atomic mass is 19.4. The summed E-state index contributed by atoms with van der Waals surface area (Å²) in [6, 6.07) is 5.63. The maximum atomic E-state index is 13.0. The fourth-order valence-electron chi connectivity index (χ4n) is 3.24. The van der Waals surface area contributed by atoms with Gasteiger partial charge in [-0.2, -0.15) is 13.2 Å². The molecular formula is C16H18F3NO. The molecule has 0 N–H and O–H groups in total. The van der Waals surface area contributed by atoms with Crippen molar-refractivity contribution in [2.24, 2.45) is 5.92 Å². The van der Waals surface area contributed by atoms with E-state index < -0.39 is 11.7 Å². The van der Waals surface area contributed by atoms with Crippen LogP contribution in [0.4, 0.5) is 13.2 Å². The van der Waals surface area contributed by atoms with E-state index in [4.69, 9.17) is 0 Å². The number of piperidine rings is 1. The van der Waals surface area contributed by atoms with E-state index in [2.05, 4.69) is 0 Å². The lowest BCUT2D eigenvalue weighted by Gasteiger charge is -2.27. The van der Waals surface area contributed by atoms with Gasteiger partial charge in [0.25, 0.3) is 0 Å². The molecule has 1 aromatic carbocycles.